The fourth-order valence-corrected chi connectivity index (χ4v) is 3.80. The highest BCUT2D eigenvalue weighted by Gasteiger charge is 2.35. The summed E-state index contributed by atoms with van der Waals surface area (Å²) >= 11 is 0. The van der Waals surface area contributed by atoms with E-state index >= 15 is 0 Å². The van der Waals surface area contributed by atoms with Crippen molar-refractivity contribution >= 4 is 11.5 Å². The Morgan fingerprint density at radius 1 is 1.23 bits per heavy atom. The summed E-state index contributed by atoms with van der Waals surface area (Å²) in [5.41, 5.74) is 4.46. The molecule has 0 saturated carbocycles. The van der Waals surface area contributed by atoms with Gasteiger partial charge in [-0.3, -0.25) is 4.79 Å². The Morgan fingerprint density at radius 2 is 1.96 bits per heavy atom. The van der Waals surface area contributed by atoms with Crippen molar-refractivity contribution in [1.82, 2.24) is 0 Å². The molecule has 1 fully saturated rings. The number of Topliss-reactive ketones (excluding diaryl/α,β-unsaturated/α-hetero) is 1. The van der Waals surface area contributed by atoms with Gasteiger partial charge in [-0.2, -0.15) is 5.26 Å². The van der Waals surface area contributed by atoms with Gasteiger partial charge in [0.25, 0.3) is 0 Å². The third-order valence-corrected chi connectivity index (χ3v) is 5.31. The molecule has 0 radical (unpaired) electrons. The fraction of sp³-hybridized carbons (Fsp3) is 0.364. The first kappa shape index (κ1) is 18.2. The zero-order valence-corrected chi connectivity index (χ0v) is 15.3. The standard InChI is InChI=1S/C22H24N2O2/c1-16-5-3-4-6-20(16)22(9-11-26-12-10-22)15-24-21-13-18(14-23)7-8-19(21)17(2)25/h3-8,13,24H,9-12,15H2,1-2H3. The Kier molecular flexibility index (Phi) is 5.39. The summed E-state index contributed by atoms with van der Waals surface area (Å²) in [6.45, 7) is 5.86. The van der Waals surface area contributed by atoms with Crippen LogP contribution in [-0.4, -0.2) is 25.5 Å². The zero-order chi connectivity index (χ0) is 18.6. The SMILES string of the molecule is CC(=O)c1ccc(C#N)cc1NCC1(c2ccccc2C)CCOCC1. The van der Waals surface area contributed by atoms with E-state index in [0.29, 0.717) is 17.7 Å². The molecular formula is C22H24N2O2. The molecule has 4 heteroatoms. The minimum atomic E-state index is -0.0414. The van der Waals surface area contributed by atoms with Crippen molar-refractivity contribution in [3.63, 3.8) is 0 Å². The quantitative estimate of drug-likeness (QED) is 0.822. The van der Waals surface area contributed by atoms with E-state index in [0.717, 1.165) is 31.7 Å². The van der Waals surface area contributed by atoms with Crippen LogP contribution < -0.4 is 5.32 Å². The minimum Gasteiger partial charge on any atom is -0.384 e. The number of hydrogen-bond donors (Lipinski definition) is 1. The van der Waals surface area contributed by atoms with Crippen molar-refractivity contribution < 1.29 is 9.53 Å². The lowest BCUT2D eigenvalue weighted by Gasteiger charge is -2.39. The monoisotopic (exact) mass is 348 g/mol. The summed E-state index contributed by atoms with van der Waals surface area (Å²) in [4.78, 5) is 12.0. The van der Waals surface area contributed by atoms with E-state index in [1.54, 1.807) is 25.1 Å². The van der Waals surface area contributed by atoms with Gasteiger partial charge in [-0.15, -0.1) is 0 Å². The Balaban J connectivity index is 1.94. The Hall–Kier alpha value is -2.64. The van der Waals surface area contributed by atoms with E-state index in [2.05, 4.69) is 42.6 Å². The molecule has 3 rings (SSSR count). The molecule has 0 spiro atoms. The summed E-state index contributed by atoms with van der Waals surface area (Å²) in [5.74, 6) is -0.00564. The minimum absolute atomic E-state index is 0.00564. The molecule has 0 atom stereocenters. The highest BCUT2D eigenvalue weighted by molar-refractivity contribution is 5.99. The Bertz CT molecular complexity index is 845. The third kappa shape index (κ3) is 3.63. The van der Waals surface area contributed by atoms with E-state index in [9.17, 15) is 10.1 Å². The first-order valence-corrected chi connectivity index (χ1v) is 8.98. The lowest BCUT2D eigenvalue weighted by molar-refractivity contribution is 0.0542. The van der Waals surface area contributed by atoms with Gasteiger partial charge in [-0.05, 0) is 56.0 Å². The zero-order valence-electron chi connectivity index (χ0n) is 15.3. The number of ketones is 1. The number of aryl methyl sites for hydroxylation is 1. The lowest BCUT2D eigenvalue weighted by Crippen LogP contribution is -2.40. The second kappa shape index (κ2) is 7.72. The maximum absolute atomic E-state index is 12.0. The molecule has 1 aliphatic rings. The average molecular weight is 348 g/mol. The molecule has 4 nitrogen and oxygen atoms in total. The van der Waals surface area contributed by atoms with Crippen molar-refractivity contribution in [2.45, 2.75) is 32.1 Å². The van der Waals surface area contributed by atoms with E-state index in [4.69, 9.17) is 4.74 Å². The number of carbonyl (C=O) groups excluding carboxylic acids is 1. The van der Waals surface area contributed by atoms with Crippen LogP contribution in [0.1, 0.15) is 46.8 Å². The van der Waals surface area contributed by atoms with Gasteiger partial charge in [0.1, 0.15) is 0 Å². The number of rotatable bonds is 5. The smallest absolute Gasteiger partial charge is 0.161 e. The van der Waals surface area contributed by atoms with Gasteiger partial charge in [-0.1, -0.05) is 24.3 Å². The van der Waals surface area contributed by atoms with Crippen LogP contribution in [0.25, 0.3) is 0 Å². The molecule has 1 saturated heterocycles. The van der Waals surface area contributed by atoms with Crippen LogP contribution in [0.4, 0.5) is 5.69 Å². The van der Waals surface area contributed by atoms with E-state index in [1.165, 1.54) is 11.1 Å². The van der Waals surface area contributed by atoms with Gasteiger partial charge in [-0.25, -0.2) is 0 Å². The molecule has 0 aliphatic carbocycles. The number of carbonyl (C=O) groups is 1. The van der Waals surface area contributed by atoms with Crippen LogP contribution in [-0.2, 0) is 10.2 Å². The van der Waals surface area contributed by atoms with Crippen LogP contribution in [0, 0.1) is 18.3 Å². The molecular weight excluding hydrogens is 324 g/mol. The number of anilines is 1. The van der Waals surface area contributed by atoms with Crippen LogP contribution >= 0.6 is 0 Å². The number of nitrogens with zero attached hydrogens (tertiary/aromatic N) is 1. The second-order valence-corrected chi connectivity index (χ2v) is 6.99. The molecule has 2 aromatic carbocycles. The van der Waals surface area contributed by atoms with Crippen LogP contribution in [0.2, 0.25) is 0 Å². The Morgan fingerprint density at radius 3 is 2.62 bits per heavy atom. The molecule has 1 heterocycles. The predicted molar refractivity (Wildman–Crippen MR) is 103 cm³/mol. The summed E-state index contributed by atoms with van der Waals surface area (Å²) < 4.78 is 5.61. The van der Waals surface area contributed by atoms with Crippen LogP contribution in [0.5, 0.6) is 0 Å². The van der Waals surface area contributed by atoms with Crippen LogP contribution in [0.15, 0.2) is 42.5 Å². The maximum Gasteiger partial charge on any atom is 0.161 e. The van der Waals surface area contributed by atoms with Gasteiger partial charge < -0.3 is 10.1 Å². The van der Waals surface area contributed by atoms with Crippen molar-refractivity contribution in [3.05, 3.63) is 64.7 Å². The Labute approximate surface area is 154 Å². The lowest BCUT2D eigenvalue weighted by atomic mass is 9.72. The van der Waals surface area contributed by atoms with Crippen molar-refractivity contribution in [3.8, 4) is 6.07 Å². The van der Waals surface area contributed by atoms with Gasteiger partial charge in [0.2, 0.25) is 0 Å². The third-order valence-electron chi connectivity index (χ3n) is 5.31. The molecule has 0 amide bonds. The highest BCUT2D eigenvalue weighted by Crippen LogP contribution is 2.37. The molecule has 0 aromatic heterocycles. The van der Waals surface area contributed by atoms with Crippen molar-refractivity contribution in [2.75, 3.05) is 25.1 Å². The summed E-state index contributed by atoms with van der Waals surface area (Å²) in [7, 11) is 0. The molecule has 26 heavy (non-hydrogen) atoms. The first-order valence-electron chi connectivity index (χ1n) is 8.98. The molecule has 2 aromatic rings. The van der Waals surface area contributed by atoms with Crippen molar-refractivity contribution in [2.24, 2.45) is 0 Å². The number of ether oxygens (including phenoxy) is 1. The molecule has 1 N–H and O–H groups in total. The number of nitrogens with one attached hydrogen (secondary N) is 1. The molecule has 0 bridgehead atoms. The first-order chi connectivity index (χ1) is 12.6. The summed E-state index contributed by atoms with van der Waals surface area (Å²) in [5, 5.41) is 12.7. The summed E-state index contributed by atoms with van der Waals surface area (Å²) in [6, 6.07) is 15.8. The largest absolute Gasteiger partial charge is 0.384 e. The number of benzene rings is 2. The normalized spacial score (nSPS) is 15.9. The fourth-order valence-electron chi connectivity index (χ4n) is 3.80. The predicted octanol–water partition coefficient (Wildman–Crippen LogP) is 4.23. The second-order valence-electron chi connectivity index (χ2n) is 6.99. The maximum atomic E-state index is 12.0. The van der Waals surface area contributed by atoms with Crippen LogP contribution in [0.3, 0.4) is 0 Å². The number of hydrogen-bond acceptors (Lipinski definition) is 4. The topological polar surface area (TPSA) is 62.1 Å². The molecule has 1 aliphatic heterocycles. The van der Waals surface area contributed by atoms with E-state index < -0.39 is 0 Å². The molecule has 134 valence electrons. The molecule has 0 unspecified atom stereocenters. The highest BCUT2D eigenvalue weighted by atomic mass is 16.5. The van der Waals surface area contributed by atoms with Gasteiger partial charge in [0, 0.05) is 36.4 Å². The van der Waals surface area contributed by atoms with Crippen molar-refractivity contribution in [1.29, 1.82) is 5.26 Å². The summed E-state index contributed by atoms with van der Waals surface area (Å²) in [6.07, 6.45) is 1.86. The van der Waals surface area contributed by atoms with Gasteiger partial charge in [0.15, 0.2) is 5.78 Å². The number of nitriles is 1. The average Bonchev–Trinajstić information content (AvgIpc) is 2.67. The van der Waals surface area contributed by atoms with Gasteiger partial charge >= 0.3 is 0 Å². The van der Waals surface area contributed by atoms with E-state index in [-0.39, 0.29) is 11.2 Å². The van der Waals surface area contributed by atoms with Gasteiger partial charge in [0.05, 0.1) is 11.6 Å². The van der Waals surface area contributed by atoms with E-state index in [1.807, 2.05) is 0 Å².